The molecule has 0 bridgehead atoms. The van der Waals surface area contributed by atoms with E-state index in [1.807, 2.05) is 19.0 Å². The number of nitrogens with zero attached hydrogens (tertiary/aromatic N) is 4. The number of benzene rings is 1. The van der Waals surface area contributed by atoms with Crippen LogP contribution >= 0.6 is 22.7 Å². The number of aryl methyl sites for hydroxylation is 1. The lowest BCUT2D eigenvalue weighted by Crippen LogP contribution is -2.38. The molecule has 1 aromatic carbocycles. The maximum atomic E-state index is 12.7. The first-order chi connectivity index (χ1) is 14.3. The predicted molar refractivity (Wildman–Crippen MR) is 116 cm³/mol. The Morgan fingerprint density at radius 1 is 1.30 bits per heavy atom. The summed E-state index contributed by atoms with van der Waals surface area (Å²) in [5.74, 6) is -0.921. The van der Waals surface area contributed by atoms with E-state index in [-0.39, 0.29) is 11.6 Å². The van der Waals surface area contributed by atoms with Crippen LogP contribution in [0.4, 0.5) is 16.5 Å². The minimum atomic E-state index is -0.564. The molecule has 0 spiro atoms. The fraction of sp³-hybridized carbons (Fsp3) is 0.316. The first-order valence-electron chi connectivity index (χ1n) is 9.16. The van der Waals surface area contributed by atoms with E-state index in [9.17, 15) is 19.7 Å². The lowest BCUT2D eigenvalue weighted by molar-refractivity contribution is -0.384. The maximum Gasteiger partial charge on any atom is 0.348 e. The van der Waals surface area contributed by atoms with Gasteiger partial charge in [0.15, 0.2) is 11.7 Å². The molecule has 0 fully saturated rings. The highest BCUT2D eigenvalue weighted by molar-refractivity contribution is 7.29. The number of thiazole rings is 1. The molecule has 0 radical (unpaired) electrons. The summed E-state index contributed by atoms with van der Waals surface area (Å²) in [6.45, 7) is 0.0876. The molecule has 11 heteroatoms. The molecule has 9 nitrogen and oxygen atoms in total. The molecule has 0 unspecified atom stereocenters. The summed E-state index contributed by atoms with van der Waals surface area (Å²) in [4.78, 5) is 44.6. The average molecular weight is 447 g/mol. The molecule has 3 heterocycles. The van der Waals surface area contributed by atoms with E-state index in [1.165, 1.54) is 39.7 Å². The standard InChI is InChI=1S/C19H18N4O5S2/c1-21(2)19-20-17-14(30-19)9-15(29-17)18(25)28-10-16(24)22-7-3-4-11-8-12(23(26)27)5-6-13(11)22/h5-6,8-9H,3-4,7,10H2,1-2H3. The van der Waals surface area contributed by atoms with Crippen LogP contribution in [0.2, 0.25) is 0 Å². The van der Waals surface area contributed by atoms with Crippen molar-refractivity contribution in [2.24, 2.45) is 0 Å². The highest BCUT2D eigenvalue weighted by Gasteiger charge is 2.25. The van der Waals surface area contributed by atoms with E-state index in [0.717, 1.165) is 20.2 Å². The van der Waals surface area contributed by atoms with Gasteiger partial charge in [-0.2, -0.15) is 0 Å². The Hall–Kier alpha value is -3.05. The molecule has 0 N–H and O–H groups in total. The number of esters is 1. The molecule has 2 aromatic heterocycles. The number of hydrogen-bond acceptors (Lipinski definition) is 9. The normalized spacial score (nSPS) is 13.2. The molecular formula is C19H18N4O5S2. The van der Waals surface area contributed by atoms with Gasteiger partial charge in [0.1, 0.15) is 9.71 Å². The summed E-state index contributed by atoms with van der Waals surface area (Å²) >= 11 is 2.71. The number of rotatable bonds is 5. The Morgan fingerprint density at radius 2 is 2.10 bits per heavy atom. The first-order valence-corrected chi connectivity index (χ1v) is 10.8. The number of nitro benzene ring substituents is 1. The number of hydrogen-bond donors (Lipinski definition) is 0. The van der Waals surface area contributed by atoms with Crippen molar-refractivity contribution < 1.29 is 19.2 Å². The van der Waals surface area contributed by atoms with Crippen molar-refractivity contribution in [1.82, 2.24) is 4.98 Å². The largest absolute Gasteiger partial charge is 0.451 e. The van der Waals surface area contributed by atoms with E-state index in [2.05, 4.69) is 4.98 Å². The van der Waals surface area contributed by atoms with Gasteiger partial charge in [-0.1, -0.05) is 11.3 Å². The van der Waals surface area contributed by atoms with E-state index in [1.54, 1.807) is 12.1 Å². The van der Waals surface area contributed by atoms with Crippen molar-refractivity contribution in [3.05, 3.63) is 44.8 Å². The highest BCUT2D eigenvalue weighted by atomic mass is 32.1. The van der Waals surface area contributed by atoms with Crippen LogP contribution in [0.15, 0.2) is 24.3 Å². The third-order valence-electron chi connectivity index (χ3n) is 4.68. The number of non-ortho nitro benzene ring substituents is 1. The van der Waals surface area contributed by atoms with Crippen molar-refractivity contribution in [3.63, 3.8) is 0 Å². The summed E-state index contributed by atoms with van der Waals surface area (Å²) in [7, 11) is 3.81. The molecule has 0 saturated heterocycles. The molecule has 0 aliphatic carbocycles. The Bertz CT molecular complexity index is 1120. The molecule has 1 amide bonds. The predicted octanol–water partition coefficient (Wildman–Crippen LogP) is 3.47. The minimum Gasteiger partial charge on any atom is -0.451 e. The van der Waals surface area contributed by atoms with Gasteiger partial charge in [-0.25, -0.2) is 9.78 Å². The van der Waals surface area contributed by atoms with Crippen LogP contribution in [0.5, 0.6) is 0 Å². The van der Waals surface area contributed by atoms with Gasteiger partial charge in [0.2, 0.25) is 0 Å². The number of aromatic nitrogens is 1. The number of nitro groups is 1. The summed E-state index contributed by atoms with van der Waals surface area (Å²) in [6, 6.07) is 6.18. The van der Waals surface area contributed by atoms with Gasteiger partial charge in [0.25, 0.3) is 11.6 Å². The molecule has 1 aliphatic rings. The zero-order chi connectivity index (χ0) is 21.4. The van der Waals surface area contributed by atoms with Crippen molar-refractivity contribution >= 4 is 60.6 Å². The second-order valence-corrected chi connectivity index (χ2v) is 9.01. The van der Waals surface area contributed by atoms with Gasteiger partial charge in [0.05, 0.1) is 9.62 Å². The van der Waals surface area contributed by atoms with E-state index < -0.39 is 17.5 Å². The second-order valence-electron chi connectivity index (χ2n) is 6.97. The maximum absolute atomic E-state index is 12.7. The molecule has 0 saturated carbocycles. The van der Waals surface area contributed by atoms with Crippen molar-refractivity contribution in [1.29, 1.82) is 0 Å². The number of ether oxygens (including phenoxy) is 1. The van der Waals surface area contributed by atoms with Crippen molar-refractivity contribution in [2.45, 2.75) is 12.8 Å². The number of amides is 1. The molecule has 1 aliphatic heterocycles. The summed E-state index contributed by atoms with van der Waals surface area (Å²) in [5.41, 5.74) is 1.37. The Kier molecular flexibility index (Phi) is 5.39. The minimum absolute atomic E-state index is 0.00169. The van der Waals surface area contributed by atoms with Crippen molar-refractivity contribution in [2.75, 3.05) is 37.0 Å². The Balaban J connectivity index is 1.43. The molecular weight excluding hydrogens is 428 g/mol. The number of carbonyl (C=O) groups is 2. The van der Waals surface area contributed by atoms with Gasteiger partial charge in [-0.05, 0) is 30.5 Å². The molecule has 156 valence electrons. The van der Waals surface area contributed by atoms with Crippen LogP contribution < -0.4 is 9.80 Å². The molecule has 0 atom stereocenters. The van der Waals surface area contributed by atoms with Crippen molar-refractivity contribution in [3.8, 4) is 0 Å². The van der Waals surface area contributed by atoms with E-state index >= 15 is 0 Å². The van der Waals surface area contributed by atoms with Gasteiger partial charge >= 0.3 is 5.97 Å². The Labute approximate surface area is 179 Å². The SMILES string of the molecule is CN(C)c1nc2sc(C(=O)OCC(=O)N3CCCc4cc([N+](=O)[O-])ccc43)cc2s1. The second kappa shape index (κ2) is 8.00. The highest BCUT2D eigenvalue weighted by Crippen LogP contribution is 2.34. The third-order valence-corrected chi connectivity index (χ3v) is 6.99. The van der Waals surface area contributed by atoms with Gasteiger partial charge in [-0.3, -0.25) is 14.9 Å². The third kappa shape index (κ3) is 3.85. The zero-order valence-corrected chi connectivity index (χ0v) is 17.9. The van der Waals surface area contributed by atoms with Gasteiger partial charge in [-0.15, -0.1) is 11.3 Å². The molecule has 4 rings (SSSR count). The van der Waals surface area contributed by atoms with Gasteiger partial charge in [0, 0.05) is 38.5 Å². The summed E-state index contributed by atoms with van der Waals surface area (Å²) in [5, 5.41) is 11.8. The smallest absolute Gasteiger partial charge is 0.348 e. The first kappa shape index (κ1) is 20.2. The Morgan fingerprint density at radius 3 is 2.80 bits per heavy atom. The quantitative estimate of drug-likeness (QED) is 0.336. The average Bonchev–Trinajstić information content (AvgIpc) is 3.30. The van der Waals surface area contributed by atoms with Crippen LogP contribution in [-0.2, 0) is 16.0 Å². The van der Waals surface area contributed by atoms with Crippen LogP contribution in [0, 0.1) is 10.1 Å². The fourth-order valence-electron chi connectivity index (χ4n) is 3.25. The zero-order valence-electron chi connectivity index (χ0n) is 16.3. The number of fused-ring (bicyclic) bond motifs is 2. The number of anilines is 2. The lowest BCUT2D eigenvalue weighted by atomic mass is 10.0. The molecule has 3 aromatic rings. The number of carbonyl (C=O) groups excluding carboxylic acids is 2. The summed E-state index contributed by atoms with van der Waals surface area (Å²) < 4.78 is 6.13. The van der Waals surface area contributed by atoms with E-state index in [0.29, 0.717) is 30.0 Å². The topological polar surface area (TPSA) is 106 Å². The van der Waals surface area contributed by atoms with Crippen LogP contribution in [0.1, 0.15) is 21.7 Å². The van der Waals surface area contributed by atoms with Crippen LogP contribution in [0.25, 0.3) is 9.53 Å². The van der Waals surface area contributed by atoms with Crippen LogP contribution in [0.3, 0.4) is 0 Å². The fourth-order valence-corrected chi connectivity index (χ4v) is 5.28. The van der Waals surface area contributed by atoms with E-state index in [4.69, 9.17) is 4.74 Å². The number of thiophene rings is 1. The molecule has 30 heavy (non-hydrogen) atoms. The van der Waals surface area contributed by atoms with Crippen LogP contribution in [-0.4, -0.2) is 49.0 Å². The van der Waals surface area contributed by atoms with Gasteiger partial charge < -0.3 is 14.5 Å². The lowest BCUT2D eigenvalue weighted by Gasteiger charge is -2.29. The summed E-state index contributed by atoms with van der Waals surface area (Å²) in [6.07, 6.45) is 1.35. The monoisotopic (exact) mass is 446 g/mol.